The van der Waals surface area contributed by atoms with Gasteiger partial charge in [0, 0.05) is 18.4 Å². The van der Waals surface area contributed by atoms with Gasteiger partial charge >= 0.3 is 0 Å². The fourth-order valence-electron chi connectivity index (χ4n) is 3.00. The molecule has 1 aliphatic rings. The van der Waals surface area contributed by atoms with Crippen LogP contribution in [-0.2, 0) is 30.6 Å². The molecule has 0 aliphatic heterocycles. The number of amides is 1. The zero-order valence-electron chi connectivity index (χ0n) is 13.0. The minimum absolute atomic E-state index is 0.0656. The lowest BCUT2D eigenvalue weighted by Gasteiger charge is -2.10. The number of fused-ring (bicyclic) bond motifs is 1. The molecule has 1 amide bonds. The van der Waals surface area contributed by atoms with E-state index >= 15 is 0 Å². The third-order valence-electron chi connectivity index (χ3n) is 4.37. The number of hydrogen-bond donors (Lipinski definition) is 1. The molecule has 1 aliphatic carbocycles. The first kappa shape index (κ1) is 14.8. The van der Waals surface area contributed by atoms with Gasteiger partial charge in [-0.05, 0) is 43.7 Å². The molecular formula is C18H22N2O2. The van der Waals surface area contributed by atoms with E-state index in [-0.39, 0.29) is 5.91 Å². The highest BCUT2D eigenvalue weighted by Crippen LogP contribution is 2.24. The third-order valence-corrected chi connectivity index (χ3v) is 4.37. The van der Waals surface area contributed by atoms with E-state index in [9.17, 15) is 4.79 Å². The van der Waals surface area contributed by atoms with Gasteiger partial charge in [0.15, 0.2) is 0 Å². The predicted molar refractivity (Wildman–Crippen MR) is 84.5 cm³/mol. The molecule has 0 spiro atoms. The zero-order valence-corrected chi connectivity index (χ0v) is 13.0. The maximum absolute atomic E-state index is 12.0. The van der Waals surface area contributed by atoms with Crippen LogP contribution < -0.4 is 5.32 Å². The second-order valence-corrected chi connectivity index (χ2v) is 5.94. The molecule has 22 heavy (non-hydrogen) atoms. The number of carbonyl (C=O) groups is 1. The number of nitrogens with one attached hydrogen (secondary N) is 1. The molecule has 2 aromatic rings. The molecule has 1 aromatic carbocycles. The van der Waals surface area contributed by atoms with E-state index in [4.69, 9.17) is 4.52 Å². The first-order valence-electron chi connectivity index (χ1n) is 8.01. The Morgan fingerprint density at radius 2 is 2.09 bits per heavy atom. The third kappa shape index (κ3) is 3.38. The molecule has 4 nitrogen and oxygen atoms in total. The van der Waals surface area contributed by atoms with E-state index in [1.807, 2.05) is 12.1 Å². The van der Waals surface area contributed by atoms with Gasteiger partial charge < -0.3 is 9.84 Å². The molecular weight excluding hydrogens is 276 g/mol. The van der Waals surface area contributed by atoms with E-state index in [0.29, 0.717) is 13.0 Å². The van der Waals surface area contributed by atoms with Crippen molar-refractivity contribution < 1.29 is 9.32 Å². The van der Waals surface area contributed by atoms with Crippen LogP contribution in [0.25, 0.3) is 0 Å². The first-order chi connectivity index (χ1) is 10.7. The Bertz CT molecular complexity index is 661. The van der Waals surface area contributed by atoms with Crippen LogP contribution in [0, 0.1) is 6.92 Å². The van der Waals surface area contributed by atoms with Gasteiger partial charge in [0.2, 0.25) is 5.91 Å². The summed E-state index contributed by atoms with van der Waals surface area (Å²) in [6, 6.07) is 8.19. The minimum Gasteiger partial charge on any atom is -0.361 e. The van der Waals surface area contributed by atoms with E-state index in [2.05, 4.69) is 29.5 Å². The van der Waals surface area contributed by atoms with Crippen molar-refractivity contribution in [3.05, 3.63) is 52.4 Å². The van der Waals surface area contributed by atoms with Gasteiger partial charge in [0.05, 0.1) is 6.54 Å². The van der Waals surface area contributed by atoms with Crippen LogP contribution in [-0.4, -0.2) is 11.1 Å². The standard InChI is InChI=1S/C18H22N2O2/c1-13-6-2-3-7-14(13)10-11-18(21)19-12-16-15-8-4-5-9-17(15)22-20-16/h2-3,6-7H,4-5,8-12H2,1H3,(H,19,21). The van der Waals surface area contributed by atoms with Crippen LogP contribution in [0.2, 0.25) is 0 Å². The van der Waals surface area contributed by atoms with Crippen molar-refractivity contribution in [3.63, 3.8) is 0 Å². The van der Waals surface area contributed by atoms with Crippen molar-refractivity contribution in [1.82, 2.24) is 10.5 Å². The van der Waals surface area contributed by atoms with Crippen LogP contribution in [0.5, 0.6) is 0 Å². The Morgan fingerprint density at radius 1 is 1.27 bits per heavy atom. The summed E-state index contributed by atoms with van der Waals surface area (Å²) in [5.74, 6) is 1.08. The fourth-order valence-corrected chi connectivity index (χ4v) is 3.00. The van der Waals surface area contributed by atoms with Crippen LogP contribution in [0.3, 0.4) is 0 Å². The molecule has 4 heteroatoms. The van der Waals surface area contributed by atoms with Crippen LogP contribution in [0.1, 0.15) is 47.4 Å². The number of benzene rings is 1. The summed E-state index contributed by atoms with van der Waals surface area (Å²) in [6.45, 7) is 2.56. The summed E-state index contributed by atoms with van der Waals surface area (Å²) in [5.41, 5.74) is 4.58. The molecule has 0 saturated heterocycles. The quantitative estimate of drug-likeness (QED) is 0.922. The van der Waals surface area contributed by atoms with Gasteiger partial charge in [-0.3, -0.25) is 4.79 Å². The summed E-state index contributed by atoms with van der Waals surface area (Å²) < 4.78 is 5.36. The molecule has 1 heterocycles. The van der Waals surface area contributed by atoms with E-state index in [1.165, 1.54) is 29.5 Å². The number of hydrogen-bond acceptors (Lipinski definition) is 3. The highest BCUT2D eigenvalue weighted by Gasteiger charge is 2.19. The highest BCUT2D eigenvalue weighted by atomic mass is 16.5. The fraction of sp³-hybridized carbons (Fsp3) is 0.444. The van der Waals surface area contributed by atoms with Crippen LogP contribution in [0.15, 0.2) is 28.8 Å². The summed E-state index contributed by atoms with van der Waals surface area (Å²) in [5, 5.41) is 7.08. The maximum Gasteiger partial charge on any atom is 0.220 e. The molecule has 0 atom stereocenters. The van der Waals surface area contributed by atoms with Gasteiger partial charge in [-0.1, -0.05) is 29.4 Å². The Balaban J connectivity index is 1.50. The van der Waals surface area contributed by atoms with Gasteiger partial charge in [-0.25, -0.2) is 0 Å². The van der Waals surface area contributed by atoms with Crippen molar-refractivity contribution in [2.24, 2.45) is 0 Å². The monoisotopic (exact) mass is 298 g/mol. The summed E-state index contributed by atoms with van der Waals surface area (Å²) in [7, 11) is 0. The predicted octanol–water partition coefficient (Wildman–Crippen LogP) is 3.11. The number of nitrogens with zero attached hydrogens (tertiary/aromatic N) is 1. The van der Waals surface area contributed by atoms with Crippen LogP contribution in [0.4, 0.5) is 0 Å². The largest absolute Gasteiger partial charge is 0.361 e. The average Bonchev–Trinajstić information content (AvgIpc) is 2.95. The van der Waals surface area contributed by atoms with Crippen molar-refractivity contribution in [2.75, 3.05) is 0 Å². The highest BCUT2D eigenvalue weighted by molar-refractivity contribution is 5.76. The molecule has 1 N–H and O–H groups in total. The van der Waals surface area contributed by atoms with E-state index in [1.54, 1.807) is 0 Å². The summed E-state index contributed by atoms with van der Waals surface area (Å²) >= 11 is 0. The molecule has 0 bridgehead atoms. The minimum atomic E-state index is 0.0656. The topological polar surface area (TPSA) is 55.1 Å². The molecule has 0 radical (unpaired) electrons. The summed E-state index contributed by atoms with van der Waals surface area (Å²) in [6.07, 6.45) is 5.63. The lowest BCUT2D eigenvalue weighted by Crippen LogP contribution is -2.24. The Labute approximate surface area is 130 Å². The van der Waals surface area contributed by atoms with Crippen molar-refractivity contribution in [2.45, 2.75) is 52.0 Å². The second-order valence-electron chi connectivity index (χ2n) is 5.94. The zero-order chi connectivity index (χ0) is 15.4. The van der Waals surface area contributed by atoms with Gasteiger partial charge in [0.25, 0.3) is 0 Å². The number of rotatable bonds is 5. The van der Waals surface area contributed by atoms with Gasteiger partial charge in [-0.15, -0.1) is 0 Å². The molecule has 116 valence electrons. The smallest absolute Gasteiger partial charge is 0.220 e. The Kier molecular flexibility index (Phi) is 4.56. The van der Waals surface area contributed by atoms with Crippen molar-refractivity contribution >= 4 is 5.91 Å². The first-order valence-corrected chi connectivity index (χ1v) is 8.01. The SMILES string of the molecule is Cc1ccccc1CCC(=O)NCc1noc2c1CCCC2. The van der Waals surface area contributed by atoms with E-state index < -0.39 is 0 Å². The molecule has 0 saturated carbocycles. The summed E-state index contributed by atoms with van der Waals surface area (Å²) in [4.78, 5) is 12.0. The van der Waals surface area contributed by atoms with Gasteiger partial charge in [0.1, 0.15) is 11.5 Å². The maximum atomic E-state index is 12.0. The van der Waals surface area contributed by atoms with Crippen molar-refractivity contribution in [1.29, 1.82) is 0 Å². The lowest BCUT2D eigenvalue weighted by atomic mass is 9.96. The van der Waals surface area contributed by atoms with Crippen molar-refractivity contribution in [3.8, 4) is 0 Å². The molecule has 0 unspecified atom stereocenters. The molecule has 0 fully saturated rings. The van der Waals surface area contributed by atoms with Gasteiger partial charge in [-0.2, -0.15) is 0 Å². The molecule has 3 rings (SSSR count). The Hall–Kier alpha value is -2.10. The number of aryl methyl sites for hydroxylation is 3. The van der Waals surface area contributed by atoms with E-state index in [0.717, 1.165) is 30.7 Å². The lowest BCUT2D eigenvalue weighted by molar-refractivity contribution is -0.121. The molecule has 1 aromatic heterocycles. The number of aromatic nitrogens is 1. The Morgan fingerprint density at radius 3 is 2.95 bits per heavy atom. The normalized spacial score (nSPS) is 13.7. The average molecular weight is 298 g/mol. The second kappa shape index (κ2) is 6.77. The van der Waals surface area contributed by atoms with Crippen LogP contribution >= 0.6 is 0 Å². The number of carbonyl (C=O) groups excluding carboxylic acids is 1.